The summed E-state index contributed by atoms with van der Waals surface area (Å²) in [4.78, 5) is 2.40. The molecule has 1 N–H and O–H groups in total. The Kier molecular flexibility index (Phi) is 4.49. The molecule has 2 aliphatic rings. The summed E-state index contributed by atoms with van der Waals surface area (Å²) in [5, 5.41) is 3.56. The molecule has 2 aliphatic heterocycles. The third-order valence-electron chi connectivity index (χ3n) is 4.98. The molecule has 116 valence electrons. The highest BCUT2D eigenvalue weighted by atomic mass is 32.2. The van der Waals surface area contributed by atoms with Crippen LogP contribution in [0.1, 0.15) is 43.4 Å². The average molecular weight is 323 g/mol. The van der Waals surface area contributed by atoms with Crippen LogP contribution >= 0.6 is 25.3 Å². The second-order valence-electron chi connectivity index (χ2n) is 6.19. The van der Waals surface area contributed by atoms with Crippen LogP contribution < -0.4 is 10.2 Å². The fourth-order valence-electron chi connectivity index (χ4n) is 3.73. The van der Waals surface area contributed by atoms with Gasteiger partial charge in [0.2, 0.25) is 0 Å². The Labute approximate surface area is 139 Å². The molecule has 2 heterocycles. The summed E-state index contributed by atoms with van der Waals surface area (Å²) in [7, 11) is 0. The van der Waals surface area contributed by atoms with Crippen LogP contribution in [0, 0.1) is 0 Å². The first kappa shape index (κ1) is 15.6. The van der Waals surface area contributed by atoms with Gasteiger partial charge in [0.25, 0.3) is 0 Å². The Bertz CT molecular complexity index is 522. The van der Waals surface area contributed by atoms with Crippen LogP contribution in [-0.2, 0) is 19.3 Å². The number of aryl methyl sites for hydroxylation is 2. The molecule has 4 heteroatoms. The summed E-state index contributed by atoms with van der Waals surface area (Å²) >= 11 is 9.88. The van der Waals surface area contributed by atoms with Crippen molar-refractivity contribution in [3.05, 3.63) is 28.8 Å². The van der Waals surface area contributed by atoms with E-state index in [1.54, 1.807) is 0 Å². The molecule has 2 nitrogen and oxygen atoms in total. The number of hydrogen-bond acceptors (Lipinski definition) is 4. The van der Waals surface area contributed by atoms with Crippen molar-refractivity contribution < 1.29 is 0 Å². The van der Waals surface area contributed by atoms with E-state index in [4.69, 9.17) is 25.3 Å². The van der Waals surface area contributed by atoms with Crippen LogP contribution in [0.4, 0.5) is 5.69 Å². The van der Waals surface area contributed by atoms with Gasteiger partial charge in [-0.1, -0.05) is 19.9 Å². The van der Waals surface area contributed by atoms with Gasteiger partial charge in [-0.15, -0.1) is 25.3 Å². The highest BCUT2D eigenvalue weighted by Crippen LogP contribution is 2.42. The summed E-state index contributed by atoms with van der Waals surface area (Å²) in [5.41, 5.74) is 5.79. The molecule has 0 bridgehead atoms. The average Bonchev–Trinajstić information content (AvgIpc) is 3.14. The van der Waals surface area contributed by atoms with Crippen LogP contribution in [-0.4, -0.2) is 23.3 Å². The second-order valence-corrected chi connectivity index (χ2v) is 7.91. The van der Waals surface area contributed by atoms with Crippen molar-refractivity contribution in [1.82, 2.24) is 5.32 Å². The largest absolute Gasteiger partial charge is 0.347 e. The van der Waals surface area contributed by atoms with Crippen molar-refractivity contribution in [1.29, 1.82) is 0 Å². The van der Waals surface area contributed by atoms with Gasteiger partial charge in [-0.05, 0) is 61.4 Å². The number of hydrogen-bond donors (Lipinski definition) is 3. The third-order valence-corrected chi connectivity index (χ3v) is 6.09. The monoisotopic (exact) mass is 322 g/mol. The summed E-state index contributed by atoms with van der Waals surface area (Å²) in [5.74, 6) is 0. The van der Waals surface area contributed by atoms with Gasteiger partial charge in [0.05, 0.1) is 0 Å². The Morgan fingerprint density at radius 3 is 2.57 bits per heavy atom. The van der Waals surface area contributed by atoms with E-state index < -0.39 is 4.20 Å². The molecule has 1 aromatic carbocycles. The van der Waals surface area contributed by atoms with Gasteiger partial charge in [0, 0.05) is 18.3 Å². The lowest BCUT2D eigenvalue weighted by molar-refractivity contribution is 0.532. The number of benzene rings is 1. The molecule has 0 saturated carbocycles. The standard InChI is InChI=1S/C17H26N2S2/c1-3-12-10-14-7-9-19(15(14)11-13(12)4-2)17(20,21)16-6-5-8-18-16/h10-11,16,18,20-21H,3-9H2,1-2H3/t16-/m1/s1. The van der Waals surface area contributed by atoms with Crippen LogP contribution in [0.15, 0.2) is 12.1 Å². The summed E-state index contributed by atoms with van der Waals surface area (Å²) in [6.45, 7) is 6.60. The lowest BCUT2D eigenvalue weighted by Gasteiger charge is -2.40. The number of nitrogens with one attached hydrogen (secondary N) is 1. The highest BCUT2D eigenvalue weighted by molar-refractivity contribution is 8.00. The zero-order valence-corrected chi connectivity index (χ0v) is 14.8. The van der Waals surface area contributed by atoms with Gasteiger partial charge in [-0.3, -0.25) is 0 Å². The Morgan fingerprint density at radius 2 is 1.95 bits per heavy atom. The number of anilines is 1. The zero-order chi connectivity index (χ0) is 15.0. The minimum Gasteiger partial charge on any atom is -0.347 e. The molecule has 1 fully saturated rings. The van der Waals surface area contributed by atoms with Gasteiger partial charge in [0.1, 0.15) is 4.20 Å². The van der Waals surface area contributed by atoms with E-state index in [9.17, 15) is 0 Å². The lowest BCUT2D eigenvalue weighted by Crippen LogP contribution is -2.52. The molecule has 0 radical (unpaired) electrons. The SMILES string of the molecule is CCc1cc2c(cc1CC)N(C(S)(S)[C@H]1CCCN1)CC2. The summed E-state index contributed by atoms with van der Waals surface area (Å²) < 4.78 is -0.402. The first-order valence-electron chi connectivity index (χ1n) is 8.18. The van der Waals surface area contributed by atoms with Gasteiger partial charge in [-0.2, -0.15) is 0 Å². The topological polar surface area (TPSA) is 15.3 Å². The Morgan fingerprint density at radius 1 is 1.24 bits per heavy atom. The van der Waals surface area contributed by atoms with E-state index >= 15 is 0 Å². The Hall–Kier alpha value is -0.320. The molecule has 0 spiro atoms. The van der Waals surface area contributed by atoms with Crippen molar-refractivity contribution in [3.63, 3.8) is 0 Å². The minimum absolute atomic E-state index is 0.353. The molecular formula is C17H26N2S2. The second kappa shape index (κ2) is 6.05. The number of nitrogens with zero attached hydrogens (tertiary/aromatic N) is 1. The maximum Gasteiger partial charge on any atom is 0.143 e. The van der Waals surface area contributed by atoms with Crippen molar-refractivity contribution in [2.75, 3.05) is 18.0 Å². The van der Waals surface area contributed by atoms with Crippen molar-refractivity contribution in [3.8, 4) is 0 Å². The molecule has 1 saturated heterocycles. The fourth-order valence-corrected chi connectivity index (χ4v) is 4.59. The van der Waals surface area contributed by atoms with Gasteiger partial charge in [-0.25, -0.2) is 0 Å². The quantitative estimate of drug-likeness (QED) is 0.581. The zero-order valence-electron chi connectivity index (χ0n) is 13.0. The molecule has 0 aliphatic carbocycles. The molecule has 0 amide bonds. The van der Waals surface area contributed by atoms with Gasteiger partial charge < -0.3 is 10.2 Å². The summed E-state index contributed by atoms with van der Waals surface area (Å²) in [6, 6.07) is 5.15. The predicted octanol–water partition coefficient (Wildman–Crippen LogP) is 3.44. The number of rotatable bonds is 4. The molecule has 21 heavy (non-hydrogen) atoms. The molecule has 0 aromatic heterocycles. The Balaban J connectivity index is 1.95. The van der Waals surface area contributed by atoms with E-state index in [0.717, 1.165) is 38.8 Å². The molecule has 1 aromatic rings. The highest BCUT2D eigenvalue weighted by Gasteiger charge is 2.41. The maximum absolute atomic E-state index is 4.94. The fraction of sp³-hybridized carbons (Fsp3) is 0.647. The number of fused-ring (bicyclic) bond motifs is 1. The maximum atomic E-state index is 4.94. The molecule has 0 unspecified atom stereocenters. The van der Waals surface area contributed by atoms with Gasteiger partial charge >= 0.3 is 0 Å². The smallest absolute Gasteiger partial charge is 0.143 e. The van der Waals surface area contributed by atoms with E-state index in [-0.39, 0.29) is 0 Å². The van der Waals surface area contributed by atoms with E-state index in [1.165, 1.54) is 28.8 Å². The first-order chi connectivity index (χ1) is 10.1. The van der Waals surface area contributed by atoms with Crippen molar-refractivity contribution in [2.45, 2.75) is 56.2 Å². The van der Waals surface area contributed by atoms with E-state index in [1.807, 2.05) is 0 Å². The minimum atomic E-state index is -0.402. The van der Waals surface area contributed by atoms with E-state index in [2.05, 4.69) is 36.2 Å². The van der Waals surface area contributed by atoms with Crippen LogP contribution in [0.3, 0.4) is 0 Å². The first-order valence-corrected chi connectivity index (χ1v) is 9.07. The van der Waals surface area contributed by atoms with Crippen molar-refractivity contribution >= 4 is 30.9 Å². The van der Waals surface area contributed by atoms with Crippen LogP contribution in [0.2, 0.25) is 0 Å². The van der Waals surface area contributed by atoms with Crippen molar-refractivity contribution in [2.24, 2.45) is 0 Å². The van der Waals surface area contributed by atoms with E-state index in [0.29, 0.717) is 6.04 Å². The van der Waals surface area contributed by atoms with Crippen LogP contribution in [0.5, 0.6) is 0 Å². The molecule has 3 rings (SSSR count). The third kappa shape index (κ3) is 2.71. The molecular weight excluding hydrogens is 296 g/mol. The summed E-state index contributed by atoms with van der Waals surface area (Å²) in [6.07, 6.45) is 5.71. The number of thiol groups is 2. The predicted molar refractivity (Wildman–Crippen MR) is 98.0 cm³/mol. The van der Waals surface area contributed by atoms with Crippen LogP contribution in [0.25, 0.3) is 0 Å². The van der Waals surface area contributed by atoms with Gasteiger partial charge in [0.15, 0.2) is 0 Å². The lowest BCUT2D eigenvalue weighted by atomic mass is 9.98. The normalized spacial score (nSPS) is 21.9. The molecule has 1 atom stereocenters.